The Balaban J connectivity index is 1.70. The number of aromatic nitrogens is 4. The van der Waals surface area contributed by atoms with E-state index in [0.717, 1.165) is 5.69 Å². The molecule has 41 heavy (non-hydrogen) atoms. The first-order chi connectivity index (χ1) is 19.9. The van der Waals surface area contributed by atoms with E-state index < -0.39 is 15.3 Å². The molecule has 0 bridgehead atoms. The molecule has 0 aliphatic rings. The third-order valence-electron chi connectivity index (χ3n) is 6.43. The van der Waals surface area contributed by atoms with Gasteiger partial charge in [-0.25, -0.2) is 12.4 Å². The molecule has 3 aromatic carbocycles. The van der Waals surface area contributed by atoms with E-state index in [-0.39, 0.29) is 17.5 Å². The van der Waals surface area contributed by atoms with Gasteiger partial charge in [0.2, 0.25) is 0 Å². The van der Waals surface area contributed by atoms with Gasteiger partial charge in [0, 0.05) is 22.8 Å². The molecule has 0 unspecified atom stereocenters. The fourth-order valence-corrected chi connectivity index (χ4v) is 6.87. The number of ether oxygens (including phenoxy) is 2. The number of hydrogen-bond acceptors (Lipinski definition) is 8. The number of thioether (sulfide) groups is 1. The van der Waals surface area contributed by atoms with E-state index >= 15 is 0 Å². The zero-order chi connectivity index (χ0) is 29.0. The fourth-order valence-electron chi connectivity index (χ4n) is 4.51. The summed E-state index contributed by atoms with van der Waals surface area (Å²) in [7, 11) is -3.90. The topological polar surface area (TPSA) is 105 Å². The van der Waals surface area contributed by atoms with Crippen LogP contribution in [0.3, 0.4) is 0 Å². The Kier molecular flexibility index (Phi) is 8.46. The molecular formula is C30H30N4O5S2. The maximum Gasteiger partial charge on any atom is 0.319 e. The van der Waals surface area contributed by atoms with E-state index in [9.17, 15) is 13.2 Å². The second-order valence-electron chi connectivity index (χ2n) is 9.01. The summed E-state index contributed by atoms with van der Waals surface area (Å²) in [5.41, 5.74) is 1.83. The number of benzene rings is 3. The summed E-state index contributed by atoms with van der Waals surface area (Å²) in [6.07, 6.45) is 2.11. The van der Waals surface area contributed by atoms with Crippen molar-refractivity contribution >= 4 is 38.7 Å². The number of esters is 1. The molecule has 0 aliphatic heterocycles. The predicted molar refractivity (Wildman–Crippen MR) is 159 cm³/mol. The van der Waals surface area contributed by atoms with Crippen LogP contribution in [0.4, 0.5) is 0 Å². The molecule has 2 heterocycles. The summed E-state index contributed by atoms with van der Waals surface area (Å²) in [4.78, 5) is 12.8. The lowest BCUT2D eigenvalue weighted by Gasteiger charge is -2.15. The van der Waals surface area contributed by atoms with Crippen molar-refractivity contribution in [3.63, 3.8) is 0 Å². The van der Waals surface area contributed by atoms with E-state index in [1.807, 2.05) is 54.8 Å². The first-order valence-electron chi connectivity index (χ1n) is 13.3. The summed E-state index contributed by atoms with van der Waals surface area (Å²) in [5, 5.41) is 9.69. The van der Waals surface area contributed by atoms with Crippen LogP contribution in [-0.4, -0.2) is 51.6 Å². The lowest BCUT2D eigenvalue weighted by atomic mass is 10.1. The highest BCUT2D eigenvalue weighted by Crippen LogP contribution is 2.37. The minimum atomic E-state index is -3.90. The van der Waals surface area contributed by atoms with Crippen LogP contribution < -0.4 is 4.74 Å². The molecule has 1 atom stereocenters. The van der Waals surface area contributed by atoms with Gasteiger partial charge in [0.1, 0.15) is 11.0 Å². The maximum atomic E-state index is 13.7. The summed E-state index contributed by atoms with van der Waals surface area (Å²) in [5.74, 6) is 0.825. The van der Waals surface area contributed by atoms with E-state index in [1.165, 1.54) is 15.7 Å². The van der Waals surface area contributed by atoms with Crippen LogP contribution >= 0.6 is 11.8 Å². The smallest absolute Gasteiger partial charge is 0.319 e. The lowest BCUT2D eigenvalue weighted by Crippen LogP contribution is -2.20. The van der Waals surface area contributed by atoms with Crippen LogP contribution in [0, 0.1) is 0 Å². The van der Waals surface area contributed by atoms with E-state index in [2.05, 4.69) is 10.2 Å². The zero-order valence-corrected chi connectivity index (χ0v) is 24.6. The van der Waals surface area contributed by atoms with Crippen LogP contribution in [0.1, 0.15) is 27.2 Å². The Morgan fingerprint density at radius 3 is 2.29 bits per heavy atom. The fraction of sp³-hybridized carbons (Fsp3) is 0.233. The monoisotopic (exact) mass is 590 g/mol. The van der Waals surface area contributed by atoms with E-state index in [0.29, 0.717) is 46.2 Å². The molecule has 5 rings (SSSR count). The number of fused-ring (bicyclic) bond motifs is 1. The van der Waals surface area contributed by atoms with Crippen molar-refractivity contribution in [2.75, 3.05) is 13.2 Å². The van der Waals surface area contributed by atoms with Crippen LogP contribution in [0.25, 0.3) is 28.0 Å². The van der Waals surface area contributed by atoms with Crippen molar-refractivity contribution in [3.05, 3.63) is 85.1 Å². The van der Waals surface area contributed by atoms with Crippen molar-refractivity contribution in [3.8, 4) is 22.8 Å². The van der Waals surface area contributed by atoms with Crippen molar-refractivity contribution < 1.29 is 22.7 Å². The molecule has 0 amide bonds. The van der Waals surface area contributed by atoms with E-state index in [4.69, 9.17) is 9.47 Å². The quantitative estimate of drug-likeness (QED) is 0.137. The number of hydrogen-bond donors (Lipinski definition) is 0. The molecule has 0 saturated heterocycles. The lowest BCUT2D eigenvalue weighted by molar-refractivity contribution is -0.142. The minimum absolute atomic E-state index is 0.178. The van der Waals surface area contributed by atoms with Gasteiger partial charge < -0.3 is 9.47 Å². The van der Waals surface area contributed by atoms with Gasteiger partial charge in [-0.1, -0.05) is 55.1 Å². The Morgan fingerprint density at radius 1 is 0.902 bits per heavy atom. The molecule has 9 nitrogen and oxygen atoms in total. The molecule has 0 radical (unpaired) electrons. The van der Waals surface area contributed by atoms with Crippen LogP contribution in [0.5, 0.6) is 5.75 Å². The van der Waals surface area contributed by atoms with Gasteiger partial charge in [-0.15, -0.1) is 10.2 Å². The Hall–Kier alpha value is -4.09. The van der Waals surface area contributed by atoms with Gasteiger partial charge in [0.05, 0.1) is 23.6 Å². The summed E-state index contributed by atoms with van der Waals surface area (Å²) in [6, 6.07) is 23.0. The molecule has 0 saturated carbocycles. The normalized spacial score (nSPS) is 12.4. The van der Waals surface area contributed by atoms with Gasteiger partial charge in [-0.05, 0) is 62.7 Å². The number of carbonyl (C=O) groups is 1. The molecule has 0 spiro atoms. The molecular weight excluding hydrogens is 560 g/mol. The van der Waals surface area contributed by atoms with Crippen LogP contribution in [0.15, 0.2) is 95.1 Å². The summed E-state index contributed by atoms with van der Waals surface area (Å²) >= 11 is 1.26. The SMILES string of the molecule is CCOC(=O)[C@@H](CC)Sc1nnc(-c2cn(S(=O)(=O)c3ccccc3)c3ccccc23)n1-c1ccc(OCC)cc1. The zero-order valence-electron chi connectivity index (χ0n) is 22.9. The van der Waals surface area contributed by atoms with Gasteiger partial charge in [-0.3, -0.25) is 9.36 Å². The largest absolute Gasteiger partial charge is 0.494 e. The Labute approximate surface area is 243 Å². The summed E-state index contributed by atoms with van der Waals surface area (Å²) < 4.78 is 41.5. The number of nitrogens with zero attached hydrogens (tertiary/aromatic N) is 4. The number of carbonyl (C=O) groups excluding carboxylic acids is 1. The average molecular weight is 591 g/mol. The third-order valence-corrected chi connectivity index (χ3v) is 9.40. The van der Waals surface area contributed by atoms with E-state index in [1.54, 1.807) is 55.6 Å². The summed E-state index contributed by atoms with van der Waals surface area (Å²) in [6.45, 7) is 6.41. The van der Waals surface area contributed by atoms with Crippen molar-refractivity contribution in [2.45, 2.75) is 42.5 Å². The van der Waals surface area contributed by atoms with Crippen molar-refractivity contribution in [1.29, 1.82) is 0 Å². The molecule has 5 aromatic rings. The second-order valence-corrected chi connectivity index (χ2v) is 12.0. The Bertz CT molecular complexity index is 1760. The minimum Gasteiger partial charge on any atom is -0.494 e. The highest BCUT2D eigenvalue weighted by atomic mass is 32.2. The maximum absolute atomic E-state index is 13.7. The number of rotatable bonds is 11. The van der Waals surface area contributed by atoms with Crippen LogP contribution in [-0.2, 0) is 19.6 Å². The number of para-hydroxylation sites is 1. The third kappa shape index (κ3) is 5.59. The molecule has 0 aliphatic carbocycles. The van der Waals surface area contributed by atoms with Gasteiger partial charge in [-0.2, -0.15) is 0 Å². The average Bonchev–Trinajstić information content (AvgIpc) is 3.59. The molecule has 212 valence electrons. The molecule has 11 heteroatoms. The van der Waals surface area contributed by atoms with Gasteiger partial charge >= 0.3 is 5.97 Å². The molecule has 0 fully saturated rings. The second kappa shape index (κ2) is 12.2. The molecule has 2 aromatic heterocycles. The van der Waals surface area contributed by atoms with Gasteiger partial charge in [0.15, 0.2) is 11.0 Å². The first kappa shape index (κ1) is 28.4. The predicted octanol–water partition coefficient (Wildman–Crippen LogP) is 5.96. The van der Waals surface area contributed by atoms with Gasteiger partial charge in [0.25, 0.3) is 10.0 Å². The standard InChI is InChI=1S/C30H30N4O5S2/c1-4-27(29(35)39-6-3)40-30-32-31-28(34(30)21-16-18-22(19-17-21)38-5-2)25-20-33(26-15-11-10-14-24(25)26)41(36,37)23-12-8-7-9-13-23/h7-20,27H,4-6H2,1-3H3/t27-/m1/s1. The highest BCUT2D eigenvalue weighted by Gasteiger charge is 2.28. The van der Waals surface area contributed by atoms with Crippen molar-refractivity contribution in [2.24, 2.45) is 0 Å². The highest BCUT2D eigenvalue weighted by molar-refractivity contribution is 8.00. The van der Waals surface area contributed by atoms with Crippen LogP contribution in [0.2, 0.25) is 0 Å². The van der Waals surface area contributed by atoms with Crippen molar-refractivity contribution in [1.82, 2.24) is 18.7 Å². The Morgan fingerprint density at radius 2 is 1.61 bits per heavy atom. The molecule has 0 N–H and O–H groups in total. The first-order valence-corrected chi connectivity index (χ1v) is 15.6.